The summed E-state index contributed by atoms with van der Waals surface area (Å²) >= 11 is 5.24. The van der Waals surface area contributed by atoms with Crippen molar-refractivity contribution < 1.29 is 0 Å². The molecule has 0 aromatic rings. The van der Waals surface area contributed by atoms with Crippen LogP contribution in [0.3, 0.4) is 0 Å². The number of hydrogen-bond acceptors (Lipinski definition) is 1. The Labute approximate surface area is 92.7 Å². The maximum Gasteiger partial charge on any atom is 0.169 e. The summed E-state index contributed by atoms with van der Waals surface area (Å²) in [7, 11) is 0. The zero-order valence-corrected chi connectivity index (χ0v) is 9.94. The fourth-order valence-electron chi connectivity index (χ4n) is 0.955. The maximum atomic E-state index is 5.24. The van der Waals surface area contributed by atoms with E-state index in [1.165, 1.54) is 0 Å². The molecule has 0 heterocycles. The van der Waals surface area contributed by atoms with Gasteiger partial charge in [-0.15, -0.1) is 13.2 Å². The normalized spacial score (nSPS) is 9.64. The van der Waals surface area contributed by atoms with Crippen molar-refractivity contribution in [3.05, 3.63) is 25.3 Å². The summed E-state index contributed by atoms with van der Waals surface area (Å²) in [6, 6.07) is 0. The maximum absolute atomic E-state index is 5.24. The van der Waals surface area contributed by atoms with Crippen molar-refractivity contribution in [2.24, 2.45) is 5.92 Å². The van der Waals surface area contributed by atoms with Gasteiger partial charge in [0.2, 0.25) is 0 Å². The van der Waals surface area contributed by atoms with Crippen LogP contribution in [0, 0.1) is 5.92 Å². The summed E-state index contributed by atoms with van der Waals surface area (Å²) in [5, 5.41) is 3.99. The van der Waals surface area contributed by atoms with Crippen molar-refractivity contribution in [3.63, 3.8) is 0 Å². The Morgan fingerprint density at radius 3 is 2.21 bits per heavy atom. The van der Waals surface area contributed by atoms with Crippen molar-refractivity contribution in [2.75, 3.05) is 19.6 Å². The van der Waals surface area contributed by atoms with Crippen LogP contribution in [-0.4, -0.2) is 29.6 Å². The van der Waals surface area contributed by atoms with Gasteiger partial charge in [0.25, 0.3) is 0 Å². The van der Waals surface area contributed by atoms with Crippen LogP contribution in [0.4, 0.5) is 0 Å². The third-order valence-corrected chi connectivity index (χ3v) is 2.05. The van der Waals surface area contributed by atoms with Crippen molar-refractivity contribution in [2.45, 2.75) is 13.8 Å². The van der Waals surface area contributed by atoms with Crippen LogP contribution in [0.15, 0.2) is 25.3 Å². The summed E-state index contributed by atoms with van der Waals surface area (Å²) in [6.45, 7) is 14.1. The lowest BCUT2D eigenvalue weighted by molar-refractivity contribution is 0.490. The molecule has 0 spiro atoms. The van der Waals surface area contributed by atoms with Gasteiger partial charge >= 0.3 is 0 Å². The highest BCUT2D eigenvalue weighted by atomic mass is 32.1. The lowest BCUT2D eigenvalue weighted by Crippen LogP contribution is -2.41. The van der Waals surface area contributed by atoms with Gasteiger partial charge in [-0.1, -0.05) is 26.0 Å². The summed E-state index contributed by atoms with van der Waals surface area (Å²) in [5.41, 5.74) is 0. The van der Waals surface area contributed by atoms with Gasteiger partial charge in [-0.05, 0) is 18.1 Å². The smallest absolute Gasteiger partial charge is 0.169 e. The van der Waals surface area contributed by atoms with E-state index in [0.717, 1.165) is 24.7 Å². The molecule has 0 unspecified atom stereocenters. The molecule has 0 aliphatic heterocycles. The molecule has 0 radical (unpaired) electrons. The molecule has 14 heavy (non-hydrogen) atoms. The van der Waals surface area contributed by atoms with Crippen molar-refractivity contribution in [1.82, 2.24) is 10.2 Å². The average molecular weight is 212 g/mol. The van der Waals surface area contributed by atoms with Gasteiger partial charge in [0.05, 0.1) is 0 Å². The highest BCUT2D eigenvalue weighted by Gasteiger charge is 2.05. The van der Waals surface area contributed by atoms with E-state index >= 15 is 0 Å². The van der Waals surface area contributed by atoms with Gasteiger partial charge in [-0.3, -0.25) is 0 Å². The fourth-order valence-corrected chi connectivity index (χ4v) is 1.19. The number of nitrogens with zero attached hydrogens (tertiary/aromatic N) is 1. The molecule has 2 nitrogen and oxygen atoms in total. The number of hydrogen-bond donors (Lipinski definition) is 1. The number of thiocarbonyl (C=S) groups is 1. The van der Waals surface area contributed by atoms with E-state index in [9.17, 15) is 0 Å². The van der Waals surface area contributed by atoms with Crippen LogP contribution in [0.5, 0.6) is 0 Å². The van der Waals surface area contributed by atoms with E-state index in [0.29, 0.717) is 5.92 Å². The fraction of sp³-hybridized carbons (Fsp3) is 0.545. The Morgan fingerprint density at radius 2 is 1.86 bits per heavy atom. The highest BCUT2D eigenvalue weighted by molar-refractivity contribution is 7.80. The van der Waals surface area contributed by atoms with Crippen LogP contribution >= 0.6 is 12.2 Å². The zero-order chi connectivity index (χ0) is 11.0. The molecule has 0 bridgehead atoms. The second kappa shape index (κ2) is 7.56. The summed E-state index contributed by atoms with van der Waals surface area (Å²) < 4.78 is 0. The quantitative estimate of drug-likeness (QED) is 0.537. The zero-order valence-electron chi connectivity index (χ0n) is 9.12. The second-order valence-electron chi connectivity index (χ2n) is 3.56. The molecule has 80 valence electrons. The summed E-state index contributed by atoms with van der Waals surface area (Å²) in [6.07, 6.45) is 3.68. The monoisotopic (exact) mass is 212 g/mol. The van der Waals surface area contributed by atoms with Gasteiger partial charge in [-0.25, -0.2) is 0 Å². The minimum atomic E-state index is 0.599. The predicted octanol–water partition coefficient (Wildman–Crippen LogP) is 2.19. The molecule has 0 aromatic heterocycles. The van der Waals surface area contributed by atoms with Crippen LogP contribution < -0.4 is 5.32 Å². The average Bonchev–Trinajstić information content (AvgIpc) is 2.14. The van der Waals surface area contributed by atoms with Gasteiger partial charge in [0.15, 0.2) is 5.11 Å². The molecule has 1 N–H and O–H groups in total. The Hall–Kier alpha value is -0.830. The van der Waals surface area contributed by atoms with E-state index in [-0.39, 0.29) is 0 Å². The van der Waals surface area contributed by atoms with E-state index in [1.54, 1.807) is 0 Å². The molecular formula is C11H20N2S. The lowest BCUT2D eigenvalue weighted by atomic mass is 10.2. The molecular weight excluding hydrogens is 192 g/mol. The molecule has 0 saturated carbocycles. The molecule has 0 amide bonds. The summed E-state index contributed by atoms with van der Waals surface area (Å²) in [4.78, 5) is 2.03. The van der Waals surface area contributed by atoms with Gasteiger partial charge in [0, 0.05) is 19.6 Å². The predicted molar refractivity (Wildman–Crippen MR) is 67.4 cm³/mol. The Bertz CT molecular complexity index is 189. The van der Waals surface area contributed by atoms with E-state index in [2.05, 4.69) is 32.3 Å². The molecule has 0 saturated heterocycles. The third-order valence-electron chi connectivity index (χ3n) is 1.65. The number of rotatable bonds is 6. The van der Waals surface area contributed by atoms with Crippen LogP contribution in [0.2, 0.25) is 0 Å². The van der Waals surface area contributed by atoms with Gasteiger partial charge in [-0.2, -0.15) is 0 Å². The standard InChI is InChI=1S/C11H20N2S/c1-5-7-13(8-6-2)11(14)12-9-10(3)4/h5-6,10H,1-2,7-9H2,3-4H3,(H,12,14). The first kappa shape index (κ1) is 13.2. The molecule has 0 rings (SSSR count). The first-order valence-electron chi connectivity index (χ1n) is 4.86. The minimum Gasteiger partial charge on any atom is -0.362 e. The SMILES string of the molecule is C=CCN(CC=C)C(=S)NCC(C)C. The Kier molecular flexibility index (Phi) is 7.11. The van der Waals surface area contributed by atoms with Crippen LogP contribution in [0.1, 0.15) is 13.8 Å². The topological polar surface area (TPSA) is 15.3 Å². The number of nitrogens with one attached hydrogen (secondary N) is 1. The van der Waals surface area contributed by atoms with Crippen molar-refractivity contribution >= 4 is 17.3 Å². The molecule has 0 atom stereocenters. The van der Waals surface area contributed by atoms with Crippen molar-refractivity contribution in [1.29, 1.82) is 0 Å². The Morgan fingerprint density at radius 1 is 1.36 bits per heavy atom. The molecule has 0 aliphatic rings. The summed E-state index contributed by atoms with van der Waals surface area (Å²) in [5.74, 6) is 0.599. The first-order chi connectivity index (χ1) is 6.61. The minimum absolute atomic E-state index is 0.599. The van der Waals surface area contributed by atoms with Gasteiger partial charge in [0.1, 0.15) is 0 Å². The van der Waals surface area contributed by atoms with Crippen molar-refractivity contribution in [3.8, 4) is 0 Å². The van der Waals surface area contributed by atoms with E-state index < -0.39 is 0 Å². The lowest BCUT2D eigenvalue weighted by Gasteiger charge is -2.23. The van der Waals surface area contributed by atoms with Gasteiger partial charge < -0.3 is 10.2 Å². The largest absolute Gasteiger partial charge is 0.362 e. The Balaban J connectivity index is 4.00. The van der Waals surface area contributed by atoms with Crippen LogP contribution in [0.25, 0.3) is 0 Å². The van der Waals surface area contributed by atoms with E-state index in [1.807, 2.05) is 17.1 Å². The molecule has 0 aromatic carbocycles. The van der Waals surface area contributed by atoms with E-state index in [4.69, 9.17) is 12.2 Å². The van der Waals surface area contributed by atoms with Crippen LogP contribution in [-0.2, 0) is 0 Å². The highest BCUT2D eigenvalue weighted by Crippen LogP contribution is 1.93. The third kappa shape index (κ3) is 5.75. The molecule has 3 heteroatoms. The molecule has 0 aliphatic carbocycles. The first-order valence-corrected chi connectivity index (χ1v) is 5.27. The molecule has 0 fully saturated rings. The second-order valence-corrected chi connectivity index (χ2v) is 3.95.